The van der Waals surface area contributed by atoms with Crippen LogP contribution in [-0.4, -0.2) is 53.8 Å². The highest BCUT2D eigenvalue weighted by atomic mass is 32.2. The van der Waals surface area contributed by atoms with Crippen molar-refractivity contribution in [3.8, 4) is 22.4 Å². The molecule has 1 amide bonds. The monoisotopic (exact) mass is 565 g/mol. The molecule has 0 saturated heterocycles. The molecule has 3 aromatic carbocycles. The highest BCUT2D eigenvalue weighted by molar-refractivity contribution is 7.90. The number of nitrogens with zero attached hydrogens (tertiary/aromatic N) is 4. The number of fused-ring (bicyclic) bond motifs is 2. The maximum absolute atomic E-state index is 13.8. The van der Waals surface area contributed by atoms with E-state index in [1.165, 1.54) is 25.6 Å². The van der Waals surface area contributed by atoms with E-state index in [9.17, 15) is 13.2 Å². The number of hydrogen-bond donors (Lipinski definition) is 1. The molecule has 0 bridgehead atoms. The summed E-state index contributed by atoms with van der Waals surface area (Å²) in [7, 11) is -0.544. The van der Waals surface area contributed by atoms with Crippen LogP contribution in [0.25, 0.3) is 33.5 Å². The van der Waals surface area contributed by atoms with Gasteiger partial charge in [0.25, 0.3) is 15.9 Å². The summed E-state index contributed by atoms with van der Waals surface area (Å²) in [4.78, 5) is 23.8. The second kappa shape index (κ2) is 10.2. The second-order valence-corrected chi connectivity index (χ2v) is 12.5. The first-order valence-corrected chi connectivity index (χ1v) is 14.9. The molecule has 0 saturated carbocycles. The van der Waals surface area contributed by atoms with Crippen LogP contribution in [0.4, 0.5) is 0 Å². The molecule has 3 heterocycles. The lowest BCUT2D eigenvalue weighted by atomic mass is 9.93. The van der Waals surface area contributed by atoms with Crippen molar-refractivity contribution in [2.24, 2.45) is 0 Å². The zero-order valence-electron chi connectivity index (χ0n) is 23.5. The van der Waals surface area contributed by atoms with Gasteiger partial charge in [-0.3, -0.25) is 4.79 Å². The van der Waals surface area contributed by atoms with Crippen LogP contribution in [0, 0.1) is 13.8 Å². The van der Waals surface area contributed by atoms with E-state index in [0.29, 0.717) is 22.3 Å². The van der Waals surface area contributed by atoms with E-state index in [-0.39, 0.29) is 16.4 Å². The van der Waals surface area contributed by atoms with Crippen LogP contribution in [0.2, 0.25) is 0 Å². The molecule has 1 aliphatic rings. The zero-order valence-corrected chi connectivity index (χ0v) is 24.3. The molecule has 8 nitrogen and oxygen atoms in total. The van der Waals surface area contributed by atoms with Crippen molar-refractivity contribution < 1.29 is 13.2 Å². The number of aromatic nitrogens is 3. The van der Waals surface area contributed by atoms with Crippen molar-refractivity contribution >= 4 is 27.1 Å². The predicted octanol–water partition coefficient (Wildman–Crippen LogP) is 4.97. The Morgan fingerprint density at radius 2 is 1.71 bits per heavy atom. The SMILES string of the molecule is Cc1ccc(S(=O)(=O)n2cc(-c3ccc(C(=O)N(C)C)cc3)c3nc(-c4cc(C)c5c(c4)CCNC5)cnc32)cc1. The van der Waals surface area contributed by atoms with Gasteiger partial charge in [0.2, 0.25) is 0 Å². The second-order valence-electron chi connectivity index (χ2n) is 10.7. The lowest BCUT2D eigenvalue weighted by molar-refractivity contribution is 0.0827. The highest BCUT2D eigenvalue weighted by Gasteiger charge is 2.25. The summed E-state index contributed by atoms with van der Waals surface area (Å²) < 4.78 is 28.9. The van der Waals surface area contributed by atoms with E-state index in [4.69, 9.17) is 4.98 Å². The van der Waals surface area contributed by atoms with E-state index in [2.05, 4.69) is 29.4 Å². The van der Waals surface area contributed by atoms with E-state index in [1.807, 2.05) is 19.1 Å². The third-order valence-electron chi connectivity index (χ3n) is 7.62. The molecule has 0 radical (unpaired) electrons. The fourth-order valence-corrected chi connectivity index (χ4v) is 6.64. The molecule has 1 N–H and O–H groups in total. The molecule has 5 aromatic rings. The molecule has 1 aliphatic heterocycles. The zero-order chi connectivity index (χ0) is 28.9. The fourth-order valence-electron chi connectivity index (χ4n) is 5.32. The van der Waals surface area contributed by atoms with Crippen molar-refractivity contribution in [3.63, 3.8) is 0 Å². The van der Waals surface area contributed by atoms with Gasteiger partial charge < -0.3 is 10.2 Å². The summed E-state index contributed by atoms with van der Waals surface area (Å²) in [5.74, 6) is -0.110. The van der Waals surface area contributed by atoms with Crippen LogP contribution in [-0.2, 0) is 23.0 Å². The van der Waals surface area contributed by atoms with Gasteiger partial charge in [-0.2, -0.15) is 0 Å². The van der Waals surface area contributed by atoms with Gasteiger partial charge in [-0.05, 0) is 85.5 Å². The highest BCUT2D eigenvalue weighted by Crippen LogP contribution is 2.34. The summed E-state index contributed by atoms with van der Waals surface area (Å²) >= 11 is 0. The molecule has 6 rings (SSSR count). The van der Waals surface area contributed by atoms with Crippen LogP contribution < -0.4 is 5.32 Å². The van der Waals surface area contributed by atoms with Crippen molar-refractivity contribution in [1.29, 1.82) is 0 Å². The molecule has 0 atom stereocenters. The van der Waals surface area contributed by atoms with Crippen LogP contribution in [0.5, 0.6) is 0 Å². The maximum Gasteiger partial charge on any atom is 0.269 e. The molecular weight excluding hydrogens is 534 g/mol. The van der Waals surface area contributed by atoms with Crippen LogP contribution in [0.3, 0.4) is 0 Å². The molecule has 0 unspecified atom stereocenters. The van der Waals surface area contributed by atoms with E-state index < -0.39 is 10.0 Å². The first-order chi connectivity index (χ1) is 19.6. The number of nitrogens with one attached hydrogen (secondary N) is 1. The van der Waals surface area contributed by atoms with Gasteiger partial charge in [-0.1, -0.05) is 29.8 Å². The predicted molar refractivity (Wildman–Crippen MR) is 160 cm³/mol. The summed E-state index contributed by atoms with van der Waals surface area (Å²) in [6.45, 7) is 5.79. The third-order valence-corrected chi connectivity index (χ3v) is 9.29. The topological polar surface area (TPSA) is 97.2 Å². The van der Waals surface area contributed by atoms with E-state index in [0.717, 1.165) is 36.2 Å². The van der Waals surface area contributed by atoms with Crippen molar-refractivity contribution in [2.75, 3.05) is 20.6 Å². The molecule has 9 heteroatoms. The molecular formula is C32H31N5O3S. The molecule has 0 aliphatic carbocycles. The molecule has 208 valence electrons. The van der Waals surface area contributed by atoms with Gasteiger partial charge in [-0.25, -0.2) is 22.4 Å². The molecule has 41 heavy (non-hydrogen) atoms. The minimum Gasteiger partial charge on any atom is -0.345 e. The Labute approximate surface area is 239 Å². The average molecular weight is 566 g/mol. The summed E-state index contributed by atoms with van der Waals surface area (Å²) in [5, 5.41) is 3.43. The van der Waals surface area contributed by atoms with Gasteiger partial charge in [0.15, 0.2) is 5.65 Å². The normalized spacial score (nSPS) is 13.3. The smallest absolute Gasteiger partial charge is 0.269 e. The van der Waals surface area contributed by atoms with Gasteiger partial charge in [-0.15, -0.1) is 0 Å². The number of aryl methyl sites for hydroxylation is 2. The van der Waals surface area contributed by atoms with Crippen molar-refractivity contribution in [1.82, 2.24) is 24.2 Å². The molecule has 2 aromatic heterocycles. The van der Waals surface area contributed by atoms with Crippen LogP contribution in [0.15, 0.2) is 78.0 Å². The van der Waals surface area contributed by atoms with Crippen molar-refractivity contribution in [3.05, 3.63) is 101 Å². The minimum absolute atomic E-state index is 0.110. The standard InChI is InChI=1S/C32H31N5O3S/c1-20-5-11-26(12-6-20)41(39,40)37-19-28(22-7-9-23(10-8-22)32(38)36(3)4)30-31(37)34-18-29(35-30)25-15-21(2)27-17-33-14-13-24(27)16-25/h5-12,15-16,18-19,33H,13-14,17H2,1-4H3. The number of carbonyl (C=O) groups excluding carboxylic acids is 1. The quantitative estimate of drug-likeness (QED) is 0.323. The third kappa shape index (κ3) is 4.81. The Balaban J connectivity index is 1.54. The van der Waals surface area contributed by atoms with Crippen LogP contribution >= 0.6 is 0 Å². The number of amides is 1. The largest absolute Gasteiger partial charge is 0.345 e. The molecule has 0 spiro atoms. The first kappa shape index (κ1) is 26.9. The van der Waals surface area contributed by atoms with Gasteiger partial charge in [0.1, 0.15) is 5.52 Å². The summed E-state index contributed by atoms with van der Waals surface area (Å²) in [6.07, 6.45) is 4.17. The minimum atomic E-state index is -3.95. The first-order valence-electron chi connectivity index (χ1n) is 13.5. The van der Waals surface area contributed by atoms with E-state index >= 15 is 0 Å². The van der Waals surface area contributed by atoms with Crippen LogP contribution in [0.1, 0.15) is 32.6 Å². The average Bonchev–Trinajstić information content (AvgIpc) is 3.37. The maximum atomic E-state index is 13.8. The lowest BCUT2D eigenvalue weighted by Crippen LogP contribution is -2.24. The number of rotatable bonds is 5. The molecule has 0 fully saturated rings. The fraction of sp³-hybridized carbons (Fsp3) is 0.219. The Morgan fingerprint density at radius 3 is 2.41 bits per heavy atom. The Hall–Kier alpha value is -4.34. The Kier molecular flexibility index (Phi) is 6.71. The number of carbonyl (C=O) groups is 1. The summed E-state index contributed by atoms with van der Waals surface area (Å²) in [5.41, 5.74) is 9.01. The summed E-state index contributed by atoms with van der Waals surface area (Å²) in [6, 6.07) is 18.2. The number of benzene rings is 3. The Bertz CT molecular complexity index is 1910. The lowest BCUT2D eigenvalue weighted by Gasteiger charge is -2.20. The van der Waals surface area contributed by atoms with Gasteiger partial charge in [0, 0.05) is 43.5 Å². The van der Waals surface area contributed by atoms with E-state index in [1.54, 1.807) is 62.9 Å². The van der Waals surface area contributed by atoms with Crippen molar-refractivity contribution in [2.45, 2.75) is 31.7 Å². The van der Waals surface area contributed by atoms with Gasteiger partial charge >= 0.3 is 0 Å². The van der Waals surface area contributed by atoms with Gasteiger partial charge in [0.05, 0.1) is 16.8 Å². The number of hydrogen-bond acceptors (Lipinski definition) is 6. The Morgan fingerprint density at radius 1 is 0.976 bits per heavy atom.